The van der Waals surface area contributed by atoms with Crippen LogP contribution in [0.4, 0.5) is 5.69 Å². The molecule has 0 atom stereocenters. The third-order valence-electron chi connectivity index (χ3n) is 4.03. The lowest BCUT2D eigenvalue weighted by molar-refractivity contribution is -0.116. The van der Waals surface area contributed by atoms with E-state index in [0.717, 1.165) is 23.0 Å². The number of para-hydroxylation sites is 1. The number of carbonyl (C=O) groups excluding carboxylic acids is 1. The number of nitrogens with zero attached hydrogens (tertiary/aromatic N) is 1. The Hall–Kier alpha value is -2.68. The number of rotatable bonds is 4. The fourth-order valence-electron chi connectivity index (χ4n) is 2.79. The second kappa shape index (κ2) is 6.61. The summed E-state index contributed by atoms with van der Waals surface area (Å²) in [6.45, 7) is 4.17. The summed E-state index contributed by atoms with van der Waals surface area (Å²) >= 11 is 0. The molecule has 0 unspecified atom stereocenters. The smallest absolute Gasteiger partial charge is 0.224 e. The Labute approximate surface area is 136 Å². The van der Waals surface area contributed by atoms with E-state index in [-0.39, 0.29) is 5.91 Å². The van der Waals surface area contributed by atoms with Crippen molar-refractivity contribution in [3.05, 3.63) is 71.4 Å². The molecule has 1 amide bonds. The van der Waals surface area contributed by atoms with E-state index >= 15 is 0 Å². The Bertz CT molecular complexity index is 850. The minimum atomic E-state index is 0.0168. The quantitative estimate of drug-likeness (QED) is 0.775. The molecule has 3 aromatic rings. The number of aromatic nitrogens is 1. The lowest BCUT2D eigenvalue weighted by Gasteiger charge is -2.09. The number of hydrogen-bond donors (Lipinski definition) is 1. The van der Waals surface area contributed by atoms with Crippen molar-refractivity contribution in [3.63, 3.8) is 0 Å². The van der Waals surface area contributed by atoms with E-state index in [9.17, 15) is 4.79 Å². The van der Waals surface area contributed by atoms with Crippen LogP contribution in [-0.2, 0) is 11.2 Å². The molecular weight excluding hydrogens is 284 g/mol. The Kier molecular flexibility index (Phi) is 4.38. The molecule has 3 rings (SSSR count). The molecule has 0 bridgehead atoms. The van der Waals surface area contributed by atoms with Gasteiger partial charge in [0.05, 0.1) is 11.2 Å². The number of amides is 1. The Morgan fingerprint density at radius 2 is 1.91 bits per heavy atom. The molecule has 0 spiro atoms. The predicted octanol–water partition coefficient (Wildman–Crippen LogP) is 4.42. The van der Waals surface area contributed by atoms with Gasteiger partial charge in [-0.1, -0.05) is 42.0 Å². The summed E-state index contributed by atoms with van der Waals surface area (Å²) in [5.41, 5.74) is 5.31. The third kappa shape index (κ3) is 3.57. The first-order valence-electron chi connectivity index (χ1n) is 7.83. The largest absolute Gasteiger partial charge is 0.324 e. The first kappa shape index (κ1) is 15.2. The number of nitrogens with one attached hydrogen (secondary N) is 1. The lowest BCUT2D eigenvalue weighted by atomic mass is 10.0. The Morgan fingerprint density at radius 1 is 1.09 bits per heavy atom. The van der Waals surface area contributed by atoms with Crippen LogP contribution in [0, 0.1) is 13.8 Å². The molecule has 0 aliphatic rings. The number of pyridine rings is 1. The van der Waals surface area contributed by atoms with Crippen molar-refractivity contribution >= 4 is 22.5 Å². The maximum Gasteiger partial charge on any atom is 0.224 e. The SMILES string of the molecule is Cc1ccc(CCC(=O)Nc2cccc3cccnc23)c(C)c1. The molecule has 2 aromatic carbocycles. The van der Waals surface area contributed by atoms with Crippen LogP contribution in [0.2, 0.25) is 0 Å². The summed E-state index contributed by atoms with van der Waals surface area (Å²) in [5.74, 6) is 0.0168. The lowest BCUT2D eigenvalue weighted by Crippen LogP contribution is -2.13. The van der Waals surface area contributed by atoms with Gasteiger partial charge in [0.1, 0.15) is 0 Å². The van der Waals surface area contributed by atoms with Crippen LogP contribution < -0.4 is 5.32 Å². The highest BCUT2D eigenvalue weighted by atomic mass is 16.1. The zero-order valence-electron chi connectivity index (χ0n) is 13.5. The Balaban J connectivity index is 1.69. The molecule has 1 aromatic heterocycles. The first-order chi connectivity index (χ1) is 11.1. The number of aryl methyl sites for hydroxylation is 3. The zero-order valence-corrected chi connectivity index (χ0v) is 13.5. The summed E-state index contributed by atoms with van der Waals surface area (Å²) in [5, 5.41) is 4.01. The molecule has 0 aliphatic heterocycles. The summed E-state index contributed by atoms with van der Waals surface area (Å²) < 4.78 is 0. The van der Waals surface area contributed by atoms with Crippen molar-refractivity contribution in [3.8, 4) is 0 Å². The van der Waals surface area contributed by atoms with Crippen LogP contribution in [0.25, 0.3) is 10.9 Å². The zero-order chi connectivity index (χ0) is 16.2. The highest BCUT2D eigenvalue weighted by molar-refractivity contribution is 6.00. The van der Waals surface area contributed by atoms with Crippen LogP contribution in [0.15, 0.2) is 54.7 Å². The van der Waals surface area contributed by atoms with E-state index in [2.05, 4.69) is 42.3 Å². The van der Waals surface area contributed by atoms with Gasteiger partial charge in [0, 0.05) is 18.0 Å². The van der Waals surface area contributed by atoms with E-state index in [1.165, 1.54) is 16.7 Å². The highest BCUT2D eigenvalue weighted by Crippen LogP contribution is 2.21. The molecule has 1 heterocycles. The van der Waals surface area contributed by atoms with Crippen molar-refractivity contribution in [2.24, 2.45) is 0 Å². The van der Waals surface area contributed by atoms with E-state index in [4.69, 9.17) is 0 Å². The monoisotopic (exact) mass is 304 g/mol. The van der Waals surface area contributed by atoms with E-state index < -0.39 is 0 Å². The van der Waals surface area contributed by atoms with Crippen LogP contribution in [0.5, 0.6) is 0 Å². The van der Waals surface area contributed by atoms with Crippen LogP contribution >= 0.6 is 0 Å². The van der Waals surface area contributed by atoms with E-state index in [1.807, 2.05) is 30.3 Å². The molecular formula is C20H20N2O. The average molecular weight is 304 g/mol. The highest BCUT2D eigenvalue weighted by Gasteiger charge is 2.08. The molecule has 0 radical (unpaired) electrons. The van der Waals surface area contributed by atoms with Crippen molar-refractivity contribution in [2.75, 3.05) is 5.32 Å². The van der Waals surface area contributed by atoms with Crippen LogP contribution in [0.1, 0.15) is 23.1 Å². The molecule has 0 aliphatic carbocycles. The summed E-state index contributed by atoms with van der Waals surface area (Å²) in [7, 11) is 0. The second-order valence-corrected chi connectivity index (χ2v) is 5.86. The molecule has 23 heavy (non-hydrogen) atoms. The van der Waals surface area contributed by atoms with Gasteiger partial charge in [0.2, 0.25) is 5.91 Å². The van der Waals surface area contributed by atoms with Gasteiger partial charge in [-0.2, -0.15) is 0 Å². The minimum absolute atomic E-state index is 0.0168. The van der Waals surface area contributed by atoms with Gasteiger partial charge < -0.3 is 5.32 Å². The summed E-state index contributed by atoms with van der Waals surface area (Å²) in [6, 6.07) is 16.1. The van der Waals surface area contributed by atoms with Crippen molar-refractivity contribution < 1.29 is 4.79 Å². The fraction of sp³-hybridized carbons (Fsp3) is 0.200. The van der Waals surface area contributed by atoms with Gasteiger partial charge in [-0.3, -0.25) is 9.78 Å². The Morgan fingerprint density at radius 3 is 2.74 bits per heavy atom. The fourth-order valence-corrected chi connectivity index (χ4v) is 2.79. The number of fused-ring (bicyclic) bond motifs is 1. The number of carbonyl (C=O) groups is 1. The minimum Gasteiger partial charge on any atom is -0.324 e. The van der Waals surface area contributed by atoms with Crippen LogP contribution in [0.3, 0.4) is 0 Å². The van der Waals surface area contributed by atoms with E-state index in [0.29, 0.717) is 6.42 Å². The van der Waals surface area contributed by atoms with Gasteiger partial charge in [-0.25, -0.2) is 0 Å². The van der Waals surface area contributed by atoms with Crippen molar-refractivity contribution in [1.82, 2.24) is 4.98 Å². The summed E-state index contributed by atoms with van der Waals surface area (Å²) in [6.07, 6.45) is 2.96. The van der Waals surface area contributed by atoms with Gasteiger partial charge in [0.15, 0.2) is 0 Å². The molecule has 116 valence electrons. The van der Waals surface area contributed by atoms with Crippen molar-refractivity contribution in [2.45, 2.75) is 26.7 Å². The first-order valence-corrected chi connectivity index (χ1v) is 7.83. The van der Waals surface area contributed by atoms with Gasteiger partial charge in [-0.15, -0.1) is 0 Å². The number of benzene rings is 2. The molecule has 0 fully saturated rings. The average Bonchev–Trinajstić information content (AvgIpc) is 2.54. The molecule has 0 saturated heterocycles. The van der Waals surface area contributed by atoms with Gasteiger partial charge in [0.25, 0.3) is 0 Å². The molecule has 3 heteroatoms. The molecule has 1 N–H and O–H groups in total. The van der Waals surface area contributed by atoms with Crippen LogP contribution in [-0.4, -0.2) is 10.9 Å². The predicted molar refractivity (Wildman–Crippen MR) is 94.6 cm³/mol. The van der Waals surface area contributed by atoms with Crippen molar-refractivity contribution in [1.29, 1.82) is 0 Å². The third-order valence-corrected chi connectivity index (χ3v) is 4.03. The van der Waals surface area contributed by atoms with Gasteiger partial charge >= 0.3 is 0 Å². The number of hydrogen-bond acceptors (Lipinski definition) is 2. The maximum atomic E-state index is 12.3. The van der Waals surface area contributed by atoms with E-state index in [1.54, 1.807) is 6.20 Å². The maximum absolute atomic E-state index is 12.3. The summed E-state index contributed by atoms with van der Waals surface area (Å²) in [4.78, 5) is 16.6. The topological polar surface area (TPSA) is 42.0 Å². The molecule has 0 saturated carbocycles. The second-order valence-electron chi connectivity index (χ2n) is 5.86. The standard InChI is InChI=1S/C20H20N2O/c1-14-8-9-16(15(2)13-14)10-11-19(23)22-18-7-3-5-17-6-4-12-21-20(17)18/h3-9,12-13H,10-11H2,1-2H3,(H,22,23). The number of anilines is 1. The van der Waals surface area contributed by atoms with Gasteiger partial charge in [-0.05, 0) is 43.5 Å². The molecule has 3 nitrogen and oxygen atoms in total. The normalized spacial score (nSPS) is 10.7.